The van der Waals surface area contributed by atoms with Crippen LogP contribution in [-0.4, -0.2) is 15.9 Å². The molecular formula is C13H11N3O. The first-order valence-electron chi connectivity index (χ1n) is 5.15. The lowest BCUT2D eigenvalue weighted by atomic mass is 10.1. The van der Waals surface area contributed by atoms with Gasteiger partial charge in [0, 0.05) is 42.7 Å². The molecule has 1 amide bonds. The van der Waals surface area contributed by atoms with Crippen molar-refractivity contribution >= 4 is 11.7 Å². The van der Waals surface area contributed by atoms with Gasteiger partial charge in [0.1, 0.15) is 5.82 Å². The maximum atomic E-state index is 10.9. The third-order valence-electron chi connectivity index (χ3n) is 2.15. The maximum Gasteiger partial charge on any atom is 0.222 e. The number of anilines is 1. The predicted octanol–water partition coefficient (Wildman–Crippen LogP) is 2.01. The van der Waals surface area contributed by atoms with Crippen molar-refractivity contribution < 1.29 is 4.79 Å². The second kappa shape index (κ2) is 4.74. The zero-order valence-electron chi connectivity index (χ0n) is 9.61. The molecule has 4 nitrogen and oxygen atoms in total. The molecule has 2 aromatic rings. The van der Waals surface area contributed by atoms with Gasteiger partial charge in [0.15, 0.2) is 0 Å². The van der Waals surface area contributed by atoms with Crippen LogP contribution in [0.3, 0.4) is 0 Å². The first-order valence-corrected chi connectivity index (χ1v) is 5.15. The fraction of sp³-hybridized carbons (Fsp3) is 0.154. The van der Waals surface area contributed by atoms with Gasteiger partial charge in [-0.3, -0.25) is 9.78 Å². The van der Waals surface area contributed by atoms with Gasteiger partial charge in [0.2, 0.25) is 5.91 Å². The molecule has 2 aromatic heterocycles. The van der Waals surface area contributed by atoms with E-state index in [9.17, 15) is 4.79 Å². The topological polar surface area (TPSA) is 54.9 Å². The molecule has 0 saturated heterocycles. The molecule has 0 bridgehead atoms. The van der Waals surface area contributed by atoms with Gasteiger partial charge in [-0.1, -0.05) is 0 Å². The van der Waals surface area contributed by atoms with E-state index in [1.54, 1.807) is 12.3 Å². The van der Waals surface area contributed by atoms with Gasteiger partial charge in [-0.05, 0) is 24.6 Å². The van der Waals surface area contributed by atoms with Gasteiger partial charge in [-0.15, -0.1) is 0 Å². The normalized spacial score (nSPS) is 10.0. The Kier molecular flexibility index (Phi) is 3.14. The van der Waals surface area contributed by atoms with Crippen molar-refractivity contribution in [2.45, 2.75) is 13.8 Å². The largest absolute Gasteiger partial charge is 0.311 e. The second-order valence-electron chi connectivity index (χ2n) is 3.61. The van der Waals surface area contributed by atoms with Crippen LogP contribution in [-0.2, 0) is 4.79 Å². The van der Waals surface area contributed by atoms with Crippen molar-refractivity contribution in [3.8, 4) is 11.1 Å². The average Bonchev–Trinajstić information content (AvgIpc) is 2.29. The van der Waals surface area contributed by atoms with Gasteiger partial charge >= 0.3 is 0 Å². The number of hydrogen-bond acceptors (Lipinski definition) is 3. The van der Waals surface area contributed by atoms with Crippen LogP contribution in [0, 0.1) is 19.1 Å². The summed E-state index contributed by atoms with van der Waals surface area (Å²) in [6.45, 7) is 3.32. The van der Waals surface area contributed by atoms with Crippen LogP contribution >= 0.6 is 0 Å². The summed E-state index contributed by atoms with van der Waals surface area (Å²) in [7, 11) is 0. The Morgan fingerprint density at radius 2 is 2.18 bits per heavy atom. The van der Waals surface area contributed by atoms with E-state index in [2.05, 4.69) is 27.4 Å². The molecule has 4 heteroatoms. The number of aromatic nitrogens is 2. The van der Waals surface area contributed by atoms with Gasteiger partial charge in [-0.25, -0.2) is 4.98 Å². The Hall–Kier alpha value is -2.23. The highest BCUT2D eigenvalue weighted by molar-refractivity contribution is 5.88. The molecule has 0 atom stereocenters. The minimum atomic E-state index is -0.150. The number of amides is 1. The molecule has 0 unspecified atom stereocenters. The summed E-state index contributed by atoms with van der Waals surface area (Å²) >= 11 is 0. The number of carbonyl (C=O) groups is 1. The summed E-state index contributed by atoms with van der Waals surface area (Å²) in [5.74, 6) is 0.357. The Labute approximate surface area is 99.7 Å². The molecule has 0 aromatic carbocycles. The number of nitrogens with zero attached hydrogens (tertiary/aromatic N) is 2. The van der Waals surface area contributed by atoms with E-state index in [0.29, 0.717) is 5.82 Å². The van der Waals surface area contributed by atoms with E-state index in [0.717, 1.165) is 16.8 Å². The molecular weight excluding hydrogens is 214 g/mol. The Balaban J connectivity index is 2.32. The zero-order valence-corrected chi connectivity index (χ0v) is 9.61. The molecule has 2 radical (unpaired) electrons. The smallest absolute Gasteiger partial charge is 0.222 e. The third kappa shape index (κ3) is 2.87. The second-order valence-corrected chi connectivity index (χ2v) is 3.61. The first kappa shape index (κ1) is 11.3. The summed E-state index contributed by atoms with van der Waals surface area (Å²) in [5, 5.41) is 2.63. The average molecular weight is 225 g/mol. The number of carbonyl (C=O) groups excluding carboxylic acids is 1. The molecule has 0 saturated carbocycles. The highest BCUT2D eigenvalue weighted by Crippen LogP contribution is 2.19. The summed E-state index contributed by atoms with van der Waals surface area (Å²) in [6.07, 6.45) is 3.27. The molecule has 1 N–H and O–H groups in total. The van der Waals surface area contributed by atoms with Crippen LogP contribution < -0.4 is 5.32 Å². The minimum Gasteiger partial charge on any atom is -0.311 e. The van der Waals surface area contributed by atoms with Crippen LogP contribution in [0.1, 0.15) is 12.6 Å². The minimum absolute atomic E-state index is 0.150. The van der Waals surface area contributed by atoms with Crippen molar-refractivity contribution in [1.29, 1.82) is 0 Å². The maximum absolute atomic E-state index is 10.9. The summed E-state index contributed by atoms with van der Waals surface area (Å²) in [6, 6.07) is 9.61. The SMILES string of the molecule is CC(=O)Nc1cc(-c2c[c]c(C)nc2)[c]cn1. The molecule has 0 spiro atoms. The summed E-state index contributed by atoms with van der Waals surface area (Å²) in [5.41, 5.74) is 2.56. The Morgan fingerprint density at radius 3 is 2.82 bits per heavy atom. The molecule has 84 valence electrons. The molecule has 2 heterocycles. The van der Waals surface area contributed by atoms with Gasteiger partial charge in [-0.2, -0.15) is 0 Å². The Morgan fingerprint density at radius 1 is 1.35 bits per heavy atom. The molecule has 0 fully saturated rings. The lowest BCUT2D eigenvalue weighted by Crippen LogP contribution is -2.07. The molecule has 17 heavy (non-hydrogen) atoms. The molecule has 0 aliphatic carbocycles. The van der Waals surface area contributed by atoms with E-state index < -0.39 is 0 Å². The van der Waals surface area contributed by atoms with E-state index in [4.69, 9.17) is 0 Å². The van der Waals surface area contributed by atoms with Crippen LogP contribution in [0.15, 0.2) is 24.5 Å². The van der Waals surface area contributed by atoms with Crippen molar-refractivity contribution in [2.75, 3.05) is 5.32 Å². The molecule has 0 aliphatic heterocycles. The van der Waals surface area contributed by atoms with Crippen molar-refractivity contribution in [1.82, 2.24) is 9.97 Å². The fourth-order valence-corrected chi connectivity index (χ4v) is 1.37. The van der Waals surface area contributed by atoms with Gasteiger partial charge < -0.3 is 5.32 Å². The number of aryl methyl sites for hydroxylation is 1. The van der Waals surface area contributed by atoms with E-state index >= 15 is 0 Å². The van der Waals surface area contributed by atoms with Gasteiger partial charge in [0.05, 0.1) is 0 Å². The fourth-order valence-electron chi connectivity index (χ4n) is 1.37. The van der Waals surface area contributed by atoms with E-state index in [-0.39, 0.29) is 5.91 Å². The standard InChI is InChI=1S/C13H11N3O/c1-9-3-4-12(8-15-9)11-5-6-14-13(7-11)16-10(2)17/h4,6-8H,1-2H3,(H,14,16,17). The van der Waals surface area contributed by atoms with Crippen molar-refractivity contribution in [2.24, 2.45) is 0 Å². The molecule has 2 rings (SSSR count). The lowest BCUT2D eigenvalue weighted by molar-refractivity contribution is -0.114. The lowest BCUT2D eigenvalue weighted by Gasteiger charge is -2.04. The first-order chi connectivity index (χ1) is 8.15. The number of nitrogens with one attached hydrogen (secondary N) is 1. The van der Waals surface area contributed by atoms with Crippen molar-refractivity contribution in [3.63, 3.8) is 0 Å². The number of pyridine rings is 2. The highest BCUT2D eigenvalue weighted by atomic mass is 16.1. The quantitative estimate of drug-likeness (QED) is 0.850. The predicted molar refractivity (Wildman–Crippen MR) is 64.2 cm³/mol. The van der Waals surface area contributed by atoms with Crippen molar-refractivity contribution in [3.05, 3.63) is 42.4 Å². The van der Waals surface area contributed by atoms with Crippen LogP contribution in [0.2, 0.25) is 0 Å². The van der Waals surface area contributed by atoms with Crippen LogP contribution in [0.4, 0.5) is 5.82 Å². The van der Waals surface area contributed by atoms with E-state index in [1.165, 1.54) is 13.1 Å². The zero-order chi connectivity index (χ0) is 12.3. The number of rotatable bonds is 2. The summed E-state index contributed by atoms with van der Waals surface area (Å²) in [4.78, 5) is 19.1. The van der Waals surface area contributed by atoms with Crippen LogP contribution in [0.25, 0.3) is 11.1 Å². The van der Waals surface area contributed by atoms with E-state index in [1.807, 2.05) is 13.0 Å². The molecule has 0 aliphatic rings. The highest BCUT2D eigenvalue weighted by Gasteiger charge is 2.02. The Bertz CT molecular complexity index is 535. The number of hydrogen-bond donors (Lipinski definition) is 1. The summed E-state index contributed by atoms with van der Waals surface area (Å²) < 4.78 is 0. The monoisotopic (exact) mass is 225 g/mol. The van der Waals surface area contributed by atoms with Gasteiger partial charge in [0.25, 0.3) is 0 Å². The van der Waals surface area contributed by atoms with Crippen LogP contribution in [0.5, 0.6) is 0 Å². The third-order valence-corrected chi connectivity index (χ3v) is 2.15.